The zero-order chi connectivity index (χ0) is 17.8. The summed E-state index contributed by atoms with van der Waals surface area (Å²) >= 11 is 12.8. The third kappa shape index (κ3) is 3.88. The van der Waals surface area contributed by atoms with E-state index >= 15 is 0 Å². The molecular weight excluding hydrogens is 355 g/mol. The van der Waals surface area contributed by atoms with Gasteiger partial charge in [-0.15, -0.1) is 0 Å². The molecule has 1 heterocycles. The van der Waals surface area contributed by atoms with Crippen LogP contribution in [0.25, 0.3) is 0 Å². The van der Waals surface area contributed by atoms with Crippen molar-refractivity contribution in [2.24, 2.45) is 0 Å². The zero-order valence-corrected chi connectivity index (χ0v) is 14.8. The van der Waals surface area contributed by atoms with Crippen LogP contribution in [-0.4, -0.2) is 16.5 Å². The molecule has 0 unspecified atom stereocenters. The predicted octanol–water partition coefficient (Wildman–Crippen LogP) is 4.31. The van der Waals surface area contributed by atoms with Gasteiger partial charge < -0.3 is 9.80 Å². The normalized spacial score (nSPS) is 13.8. The molecule has 0 saturated carbocycles. The van der Waals surface area contributed by atoms with Gasteiger partial charge in [-0.2, -0.15) is 10.5 Å². The second-order valence-electron chi connectivity index (χ2n) is 5.74. The molecule has 0 amide bonds. The summed E-state index contributed by atoms with van der Waals surface area (Å²) in [6, 6.07) is 19.0. The van der Waals surface area contributed by atoms with Crippen LogP contribution in [0, 0.1) is 22.7 Å². The second kappa shape index (κ2) is 7.49. The van der Waals surface area contributed by atoms with Gasteiger partial charge in [0.1, 0.15) is 10.3 Å². The third-order valence-electron chi connectivity index (χ3n) is 3.98. The summed E-state index contributed by atoms with van der Waals surface area (Å²) in [7, 11) is 0. The van der Waals surface area contributed by atoms with Gasteiger partial charge in [-0.1, -0.05) is 47.5 Å². The maximum atomic E-state index is 8.87. The lowest BCUT2D eigenvalue weighted by molar-refractivity contribution is 0.248. The van der Waals surface area contributed by atoms with Gasteiger partial charge in [0.15, 0.2) is 0 Å². The first kappa shape index (κ1) is 17.2. The Morgan fingerprint density at radius 1 is 0.720 bits per heavy atom. The molecule has 0 aliphatic carbocycles. The van der Waals surface area contributed by atoms with Crippen LogP contribution in [-0.2, 0) is 13.1 Å². The predicted molar refractivity (Wildman–Crippen MR) is 97.0 cm³/mol. The lowest BCUT2D eigenvalue weighted by Crippen LogP contribution is -2.26. The second-order valence-corrected chi connectivity index (χ2v) is 6.45. The maximum absolute atomic E-state index is 8.87. The van der Waals surface area contributed by atoms with Gasteiger partial charge in [0.25, 0.3) is 0 Å². The molecule has 2 aromatic rings. The van der Waals surface area contributed by atoms with Crippen molar-refractivity contribution in [3.8, 4) is 12.1 Å². The van der Waals surface area contributed by atoms with Crippen molar-refractivity contribution in [1.29, 1.82) is 10.5 Å². The van der Waals surface area contributed by atoms with E-state index in [1.54, 1.807) is 24.3 Å². The summed E-state index contributed by atoms with van der Waals surface area (Å²) in [6.45, 7) is 1.81. The Balaban J connectivity index is 1.68. The first-order chi connectivity index (χ1) is 12.1. The third-order valence-corrected chi connectivity index (χ3v) is 4.91. The molecule has 0 saturated heterocycles. The van der Waals surface area contributed by atoms with E-state index in [2.05, 4.69) is 12.1 Å². The molecule has 0 radical (unpaired) electrons. The van der Waals surface area contributed by atoms with Crippen LogP contribution in [0.4, 0.5) is 0 Å². The number of halogens is 2. The SMILES string of the molecule is N#Cc1ccc(CN2CN(Cc3ccc(C#N)cc3)C(Cl)=C2Cl)cc1. The first-order valence-electron chi connectivity index (χ1n) is 7.64. The fraction of sp³-hybridized carbons (Fsp3) is 0.158. The highest BCUT2D eigenvalue weighted by Crippen LogP contribution is 2.32. The molecule has 0 fully saturated rings. The minimum atomic E-state index is 0.514. The van der Waals surface area contributed by atoms with E-state index in [0.29, 0.717) is 41.2 Å². The molecule has 25 heavy (non-hydrogen) atoms. The molecule has 0 N–H and O–H groups in total. The Kier molecular flexibility index (Phi) is 5.14. The van der Waals surface area contributed by atoms with Gasteiger partial charge in [-0.05, 0) is 35.4 Å². The Bertz CT molecular complexity index is 800. The number of hydrogen-bond acceptors (Lipinski definition) is 4. The Hall–Kier alpha value is -2.66. The summed E-state index contributed by atoms with van der Waals surface area (Å²) < 4.78 is 0. The van der Waals surface area contributed by atoms with E-state index in [1.807, 2.05) is 34.1 Å². The zero-order valence-electron chi connectivity index (χ0n) is 13.3. The summed E-state index contributed by atoms with van der Waals surface area (Å²) in [5.41, 5.74) is 3.38. The molecule has 0 aromatic heterocycles. The largest absolute Gasteiger partial charge is 0.338 e. The highest BCUT2D eigenvalue weighted by Gasteiger charge is 2.26. The van der Waals surface area contributed by atoms with Crippen LogP contribution in [0.5, 0.6) is 0 Å². The lowest BCUT2D eigenvalue weighted by atomic mass is 10.1. The number of nitrogens with zero attached hydrogens (tertiary/aromatic N) is 4. The molecule has 124 valence electrons. The molecule has 0 spiro atoms. The molecule has 4 nitrogen and oxygen atoms in total. The highest BCUT2D eigenvalue weighted by molar-refractivity contribution is 6.38. The van der Waals surface area contributed by atoms with Crippen molar-refractivity contribution in [3.63, 3.8) is 0 Å². The van der Waals surface area contributed by atoms with Crippen molar-refractivity contribution < 1.29 is 0 Å². The van der Waals surface area contributed by atoms with Gasteiger partial charge in [0.2, 0.25) is 0 Å². The fourth-order valence-corrected chi connectivity index (χ4v) is 3.11. The van der Waals surface area contributed by atoms with Crippen LogP contribution in [0.15, 0.2) is 58.8 Å². The fourth-order valence-electron chi connectivity index (χ4n) is 2.64. The minimum Gasteiger partial charge on any atom is -0.338 e. The smallest absolute Gasteiger partial charge is 0.142 e. The van der Waals surface area contributed by atoms with E-state index in [4.69, 9.17) is 33.7 Å². The van der Waals surface area contributed by atoms with Gasteiger partial charge in [-0.3, -0.25) is 0 Å². The van der Waals surface area contributed by atoms with Gasteiger partial charge in [-0.25, -0.2) is 0 Å². The Morgan fingerprint density at radius 2 is 1.08 bits per heavy atom. The molecule has 6 heteroatoms. The summed E-state index contributed by atoms with van der Waals surface area (Å²) in [6.07, 6.45) is 0. The number of benzene rings is 2. The van der Waals surface area contributed by atoms with Gasteiger partial charge in [0, 0.05) is 13.1 Å². The van der Waals surface area contributed by atoms with Crippen molar-refractivity contribution in [1.82, 2.24) is 9.80 Å². The van der Waals surface area contributed by atoms with E-state index < -0.39 is 0 Å². The first-order valence-corrected chi connectivity index (χ1v) is 8.39. The Morgan fingerprint density at radius 3 is 1.40 bits per heavy atom. The van der Waals surface area contributed by atoms with Crippen LogP contribution < -0.4 is 0 Å². The van der Waals surface area contributed by atoms with E-state index in [0.717, 1.165) is 11.1 Å². The topological polar surface area (TPSA) is 54.1 Å². The molecule has 1 aliphatic rings. The van der Waals surface area contributed by atoms with E-state index in [1.165, 1.54) is 0 Å². The standard InChI is InChI=1S/C19H14Cl2N4/c20-18-19(21)25(12-17-7-3-15(10-23)4-8-17)13-24(18)11-16-5-1-14(9-22)2-6-16/h1-8H,11-13H2. The van der Waals surface area contributed by atoms with Gasteiger partial charge in [0.05, 0.1) is 29.9 Å². The molecule has 3 rings (SSSR count). The summed E-state index contributed by atoms with van der Waals surface area (Å²) in [4.78, 5) is 3.96. The van der Waals surface area contributed by atoms with Crippen LogP contribution >= 0.6 is 23.2 Å². The van der Waals surface area contributed by atoms with Crippen LogP contribution in [0.2, 0.25) is 0 Å². The summed E-state index contributed by atoms with van der Waals surface area (Å²) in [5, 5.41) is 18.8. The molecule has 0 atom stereocenters. The highest BCUT2D eigenvalue weighted by atomic mass is 35.5. The van der Waals surface area contributed by atoms with Crippen molar-refractivity contribution in [3.05, 3.63) is 81.1 Å². The van der Waals surface area contributed by atoms with E-state index in [9.17, 15) is 0 Å². The average Bonchev–Trinajstić information content (AvgIpc) is 2.91. The summed E-state index contributed by atoms with van der Waals surface area (Å²) in [5.74, 6) is 0. The van der Waals surface area contributed by atoms with Crippen LogP contribution in [0.1, 0.15) is 22.3 Å². The van der Waals surface area contributed by atoms with Crippen molar-refractivity contribution in [2.45, 2.75) is 13.1 Å². The molecular formula is C19H14Cl2N4. The molecule has 0 bridgehead atoms. The molecule has 2 aromatic carbocycles. The lowest BCUT2D eigenvalue weighted by Gasteiger charge is -2.22. The van der Waals surface area contributed by atoms with Crippen molar-refractivity contribution in [2.75, 3.05) is 6.67 Å². The number of hydrogen-bond donors (Lipinski definition) is 0. The van der Waals surface area contributed by atoms with Gasteiger partial charge >= 0.3 is 0 Å². The number of rotatable bonds is 4. The average molecular weight is 369 g/mol. The maximum Gasteiger partial charge on any atom is 0.142 e. The molecule has 1 aliphatic heterocycles. The van der Waals surface area contributed by atoms with Crippen molar-refractivity contribution >= 4 is 23.2 Å². The Labute approximate surface area is 156 Å². The number of nitriles is 2. The van der Waals surface area contributed by atoms with E-state index in [-0.39, 0.29) is 0 Å². The monoisotopic (exact) mass is 368 g/mol. The van der Waals surface area contributed by atoms with Crippen LogP contribution in [0.3, 0.4) is 0 Å². The quantitative estimate of drug-likeness (QED) is 0.754. The minimum absolute atomic E-state index is 0.514.